The summed E-state index contributed by atoms with van der Waals surface area (Å²) in [5.74, 6) is 0.821. The number of benzene rings is 1. The Hall–Kier alpha value is -2.12. The average molecular weight is 241 g/mol. The van der Waals surface area contributed by atoms with E-state index in [2.05, 4.69) is 16.5 Å². The molecule has 1 heterocycles. The van der Waals surface area contributed by atoms with Crippen LogP contribution in [-0.4, -0.2) is 5.16 Å². The van der Waals surface area contributed by atoms with E-state index in [1.54, 1.807) is 0 Å². The zero-order chi connectivity index (χ0) is 13.0. The molecule has 0 bridgehead atoms. The first kappa shape index (κ1) is 12.3. The van der Waals surface area contributed by atoms with Crippen molar-refractivity contribution in [3.8, 4) is 6.07 Å². The summed E-state index contributed by atoms with van der Waals surface area (Å²) in [6.45, 7) is 5.32. The molecular formula is C14H15N3O. The zero-order valence-electron chi connectivity index (χ0n) is 10.5. The van der Waals surface area contributed by atoms with Gasteiger partial charge in [-0.15, -0.1) is 0 Å². The highest BCUT2D eigenvalue weighted by Gasteiger charge is 2.02. The Bertz CT molecular complexity index is 581. The summed E-state index contributed by atoms with van der Waals surface area (Å²) in [6.07, 6.45) is 0. The molecule has 4 nitrogen and oxygen atoms in total. The highest BCUT2D eigenvalue weighted by atomic mass is 16.5. The first-order chi connectivity index (χ1) is 8.69. The van der Waals surface area contributed by atoms with Gasteiger partial charge < -0.3 is 9.84 Å². The lowest BCUT2D eigenvalue weighted by atomic mass is 10.1. The van der Waals surface area contributed by atoms with Crippen LogP contribution in [0.25, 0.3) is 0 Å². The SMILES string of the molecule is Cc1cc(CNCc2ccc(C#N)cc2C)no1. The molecule has 0 atom stereocenters. The number of nitriles is 1. The van der Waals surface area contributed by atoms with Crippen molar-refractivity contribution in [3.05, 3.63) is 52.4 Å². The van der Waals surface area contributed by atoms with E-state index < -0.39 is 0 Å². The Kier molecular flexibility index (Phi) is 3.75. The van der Waals surface area contributed by atoms with E-state index in [9.17, 15) is 0 Å². The van der Waals surface area contributed by atoms with Gasteiger partial charge in [-0.1, -0.05) is 11.2 Å². The molecule has 0 aliphatic carbocycles. The summed E-state index contributed by atoms with van der Waals surface area (Å²) in [7, 11) is 0. The summed E-state index contributed by atoms with van der Waals surface area (Å²) in [5, 5.41) is 16.0. The van der Waals surface area contributed by atoms with Crippen molar-refractivity contribution in [3.63, 3.8) is 0 Å². The summed E-state index contributed by atoms with van der Waals surface area (Å²) in [4.78, 5) is 0. The molecule has 1 aromatic carbocycles. The van der Waals surface area contributed by atoms with Crippen LogP contribution in [0.4, 0.5) is 0 Å². The molecule has 0 unspecified atom stereocenters. The third-order valence-corrected chi connectivity index (χ3v) is 2.77. The number of nitrogens with zero attached hydrogens (tertiary/aromatic N) is 2. The fourth-order valence-corrected chi connectivity index (χ4v) is 1.79. The molecule has 18 heavy (non-hydrogen) atoms. The summed E-state index contributed by atoms with van der Waals surface area (Å²) in [5.41, 5.74) is 3.91. The molecule has 0 spiro atoms. The Balaban J connectivity index is 1.92. The van der Waals surface area contributed by atoms with E-state index in [0.717, 1.165) is 23.6 Å². The second-order valence-corrected chi connectivity index (χ2v) is 4.29. The van der Waals surface area contributed by atoms with Crippen molar-refractivity contribution >= 4 is 0 Å². The first-order valence-electron chi connectivity index (χ1n) is 5.81. The molecule has 0 aliphatic rings. The molecule has 0 saturated heterocycles. The summed E-state index contributed by atoms with van der Waals surface area (Å²) >= 11 is 0. The fraction of sp³-hybridized carbons (Fsp3) is 0.286. The van der Waals surface area contributed by atoms with Gasteiger partial charge in [-0.3, -0.25) is 0 Å². The molecule has 0 amide bonds. The molecule has 0 fully saturated rings. The molecule has 92 valence electrons. The lowest BCUT2D eigenvalue weighted by Gasteiger charge is -2.06. The molecule has 1 N–H and O–H groups in total. The number of nitrogens with one attached hydrogen (secondary N) is 1. The van der Waals surface area contributed by atoms with Crippen molar-refractivity contribution < 1.29 is 4.52 Å². The molecule has 4 heteroatoms. The van der Waals surface area contributed by atoms with E-state index in [4.69, 9.17) is 9.78 Å². The van der Waals surface area contributed by atoms with Gasteiger partial charge in [0, 0.05) is 19.2 Å². The van der Waals surface area contributed by atoms with Crippen LogP contribution in [0, 0.1) is 25.2 Å². The van der Waals surface area contributed by atoms with E-state index in [1.165, 1.54) is 5.56 Å². The van der Waals surface area contributed by atoms with Crippen LogP contribution in [0.15, 0.2) is 28.8 Å². The standard InChI is InChI=1S/C14H15N3O/c1-10-5-12(7-15)3-4-13(10)8-16-9-14-6-11(2)18-17-14/h3-6,16H,8-9H2,1-2H3. The first-order valence-corrected chi connectivity index (χ1v) is 5.81. The van der Waals surface area contributed by atoms with E-state index in [0.29, 0.717) is 12.1 Å². The predicted molar refractivity (Wildman–Crippen MR) is 67.7 cm³/mol. The summed E-state index contributed by atoms with van der Waals surface area (Å²) in [6, 6.07) is 9.77. The average Bonchev–Trinajstić information content (AvgIpc) is 2.77. The Morgan fingerprint density at radius 2 is 2.11 bits per heavy atom. The van der Waals surface area contributed by atoms with Gasteiger partial charge in [-0.25, -0.2) is 0 Å². The molecule has 0 aliphatic heterocycles. The minimum atomic E-state index is 0.677. The smallest absolute Gasteiger partial charge is 0.133 e. The lowest BCUT2D eigenvalue weighted by molar-refractivity contribution is 0.388. The molecule has 1 aromatic heterocycles. The van der Waals surface area contributed by atoms with Gasteiger partial charge in [0.15, 0.2) is 0 Å². The van der Waals surface area contributed by atoms with E-state index >= 15 is 0 Å². The maximum Gasteiger partial charge on any atom is 0.133 e. The third-order valence-electron chi connectivity index (χ3n) is 2.77. The number of hydrogen-bond donors (Lipinski definition) is 1. The van der Waals surface area contributed by atoms with Crippen molar-refractivity contribution in [2.75, 3.05) is 0 Å². The quantitative estimate of drug-likeness (QED) is 0.893. The van der Waals surface area contributed by atoms with Crippen molar-refractivity contribution in [1.29, 1.82) is 5.26 Å². The van der Waals surface area contributed by atoms with Crippen LogP contribution in [0.3, 0.4) is 0 Å². The second-order valence-electron chi connectivity index (χ2n) is 4.29. The van der Waals surface area contributed by atoms with Gasteiger partial charge in [0.1, 0.15) is 5.76 Å². The maximum absolute atomic E-state index is 8.80. The molecule has 0 saturated carbocycles. The van der Waals surface area contributed by atoms with Crippen molar-refractivity contribution in [1.82, 2.24) is 10.5 Å². The Morgan fingerprint density at radius 1 is 1.28 bits per heavy atom. The topological polar surface area (TPSA) is 61.9 Å². The maximum atomic E-state index is 8.80. The van der Waals surface area contributed by atoms with Gasteiger partial charge in [-0.2, -0.15) is 5.26 Å². The predicted octanol–water partition coefficient (Wildman–Crippen LogP) is 2.45. The summed E-state index contributed by atoms with van der Waals surface area (Å²) < 4.78 is 5.00. The van der Waals surface area contributed by atoms with Crippen molar-refractivity contribution in [2.45, 2.75) is 26.9 Å². The number of aryl methyl sites for hydroxylation is 2. The van der Waals surface area contributed by atoms with E-state index in [1.807, 2.05) is 38.1 Å². The monoisotopic (exact) mass is 241 g/mol. The Morgan fingerprint density at radius 3 is 2.72 bits per heavy atom. The number of hydrogen-bond acceptors (Lipinski definition) is 4. The molecule has 2 rings (SSSR count). The van der Waals surface area contributed by atoms with Gasteiger partial charge in [-0.05, 0) is 37.1 Å². The number of aromatic nitrogens is 1. The molecular weight excluding hydrogens is 226 g/mol. The van der Waals surface area contributed by atoms with Crippen LogP contribution in [0.5, 0.6) is 0 Å². The van der Waals surface area contributed by atoms with Crippen LogP contribution >= 0.6 is 0 Å². The molecule has 0 radical (unpaired) electrons. The van der Waals surface area contributed by atoms with Crippen LogP contribution in [0.2, 0.25) is 0 Å². The van der Waals surface area contributed by atoms with Crippen molar-refractivity contribution in [2.24, 2.45) is 0 Å². The van der Waals surface area contributed by atoms with Gasteiger partial charge in [0.25, 0.3) is 0 Å². The van der Waals surface area contributed by atoms with Gasteiger partial charge in [0.2, 0.25) is 0 Å². The van der Waals surface area contributed by atoms with Crippen LogP contribution in [-0.2, 0) is 13.1 Å². The lowest BCUT2D eigenvalue weighted by Crippen LogP contribution is -2.13. The largest absolute Gasteiger partial charge is 0.361 e. The van der Waals surface area contributed by atoms with Gasteiger partial charge in [0.05, 0.1) is 17.3 Å². The molecule has 2 aromatic rings. The van der Waals surface area contributed by atoms with E-state index in [-0.39, 0.29) is 0 Å². The highest BCUT2D eigenvalue weighted by molar-refractivity contribution is 5.37. The number of rotatable bonds is 4. The van der Waals surface area contributed by atoms with Crippen LogP contribution < -0.4 is 5.32 Å². The van der Waals surface area contributed by atoms with Crippen LogP contribution in [0.1, 0.15) is 28.1 Å². The minimum Gasteiger partial charge on any atom is -0.361 e. The highest BCUT2D eigenvalue weighted by Crippen LogP contribution is 2.10. The second kappa shape index (κ2) is 5.48. The Labute approximate surface area is 106 Å². The fourth-order valence-electron chi connectivity index (χ4n) is 1.79. The van der Waals surface area contributed by atoms with Gasteiger partial charge >= 0.3 is 0 Å². The zero-order valence-corrected chi connectivity index (χ0v) is 10.5. The third kappa shape index (κ3) is 2.96. The minimum absolute atomic E-state index is 0.677. The normalized spacial score (nSPS) is 10.3.